The first-order chi connectivity index (χ1) is 17.0. The minimum atomic E-state index is -0.270. The topological polar surface area (TPSA) is 68.2 Å². The van der Waals surface area contributed by atoms with E-state index in [0.29, 0.717) is 41.7 Å². The molecule has 1 saturated heterocycles. The molecule has 0 N–H and O–H groups in total. The summed E-state index contributed by atoms with van der Waals surface area (Å²) in [6.07, 6.45) is 8.93. The summed E-state index contributed by atoms with van der Waals surface area (Å²) in [6.45, 7) is 6.57. The third-order valence-electron chi connectivity index (χ3n) is 6.88. The Balaban J connectivity index is 1.39. The number of allylic oxidation sites excluding steroid dienone is 3. The molecule has 5 rings (SSSR count). The van der Waals surface area contributed by atoms with Crippen molar-refractivity contribution in [2.75, 3.05) is 6.61 Å². The number of amides is 2. The number of carbonyl (C=O) groups excluding carboxylic acids is 2. The highest BCUT2D eigenvalue weighted by atomic mass is 35.5. The minimum Gasteiger partial charge on any atom is -0.490 e. The number of carbonyl (C=O) groups is 2. The summed E-state index contributed by atoms with van der Waals surface area (Å²) in [5, 5.41) is 6.04. The molecule has 1 saturated carbocycles. The van der Waals surface area contributed by atoms with Crippen molar-refractivity contribution in [3.63, 3.8) is 0 Å². The van der Waals surface area contributed by atoms with Gasteiger partial charge in [0.15, 0.2) is 11.5 Å². The van der Waals surface area contributed by atoms with Crippen molar-refractivity contribution in [1.29, 1.82) is 0 Å². The van der Waals surface area contributed by atoms with Crippen LogP contribution in [0.2, 0.25) is 5.02 Å². The molecule has 1 heterocycles. The zero-order valence-corrected chi connectivity index (χ0v) is 20.3. The Kier molecular flexibility index (Phi) is 6.48. The van der Waals surface area contributed by atoms with Crippen LogP contribution in [0.5, 0.6) is 11.5 Å². The molecule has 7 heteroatoms. The van der Waals surface area contributed by atoms with Crippen LogP contribution in [0, 0.1) is 23.7 Å². The quantitative estimate of drug-likeness (QED) is 0.276. The van der Waals surface area contributed by atoms with Gasteiger partial charge in [-0.1, -0.05) is 42.0 Å². The van der Waals surface area contributed by atoms with Gasteiger partial charge in [0.25, 0.3) is 11.8 Å². The molecule has 1 aliphatic heterocycles. The molecule has 35 heavy (non-hydrogen) atoms. The number of hydrazone groups is 1. The molecular weight excluding hydrogens is 464 g/mol. The van der Waals surface area contributed by atoms with Gasteiger partial charge >= 0.3 is 0 Å². The normalized spacial score (nSPS) is 24.5. The number of imide groups is 1. The van der Waals surface area contributed by atoms with Crippen LogP contribution >= 0.6 is 11.6 Å². The molecule has 2 amide bonds. The highest BCUT2D eigenvalue weighted by Gasteiger charge is 2.59. The molecule has 0 radical (unpaired) electrons. The van der Waals surface area contributed by atoms with E-state index in [-0.39, 0.29) is 35.5 Å². The summed E-state index contributed by atoms with van der Waals surface area (Å²) in [6, 6.07) is 11.2. The molecule has 2 aromatic rings. The van der Waals surface area contributed by atoms with Gasteiger partial charge in [0.1, 0.15) is 6.61 Å². The molecular formula is C28H27ClN2O4. The summed E-state index contributed by atoms with van der Waals surface area (Å²) in [5.41, 5.74) is 2.56. The Labute approximate surface area is 209 Å². The van der Waals surface area contributed by atoms with Gasteiger partial charge in [-0.05, 0) is 67.0 Å². The van der Waals surface area contributed by atoms with E-state index in [0.717, 1.165) is 22.6 Å². The van der Waals surface area contributed by atoms with Gasteiger partial charge in [-0.3, -0.25) is 9.59 Å². The van der Waals surface area contributed by atoms with E-state index in [1.165, 1.54) is 0 Å². The molecule has 6 nitrogen and oxygen atoms in total. The Morgan fingerprint density at radius 1 is 1.09 bits per heavy atom. The molecule has 2 fully saturated rings. The third-order valence-corrected chi connectivity index (χ3v) is 7.14. The van der Waals surface area contributed by atoms with Gasteiger partial charge in [-0.25, -0.2) is 0 Å². The van der Waals surface area contributed by atoms with E-state index in [1.807, 2.05) is 43.3 Å². The first kappa shape index (κ1) is 23.4. The Bertz CT molecular complexity index is 1190. The molecule has 2 aliphatic carbocycles. The third kappa shape index (κ3) is 4.39. The maximum atomic E-state index is 12.9. The summed E-state index contributed by atoms with van der Waals surface area (Å²) >= 11 is 5.99. The fourth-order valence-corrected chi connectivity index (χ4v) is 5.48. The van der Waals surface area contributed by atoms with Crippen molar-refractivity contribution >= 4 is 29.6 Å². The van der Waals surface area contributed by atoms with Crippen molar-refractivity contribution in [2.45, 2.75) is 26.4 Å². The molecule has 0 unspecified atom stereocenters. The second kappa shape index (κ2) is 9.70. The zero-order chi connectivity index (χ0) is 24.5. The summed E-state index contributed by atoms with van der Waals surface area (Å²) in [5.74, 6) is 0.566. The number of rotatable bonds is 9. The summed E-state index contributed by atoms with van der Waals surface area (Å²) in [4.78, 5) is 25.9. The van der Waals surface area contributed by atoms with Crippen LogP contribution in [0.25, 0.3) is 0 Å². The van der Waals surface area contributed by atoms with E-state index in [9.17, 15) is 9.59 Å². The standard InChI is InChI=1S/C28H27ClN2O4/c1-3-5-21-12-18(13-23(34-4-2)26(21)35-16-17-6-10-22(29)11-7-17)15-30-31-27(32)24-19-8-9-20(14-19)25(24)28(31)33/h3,6-13,15,19-20,24-25H,1,4-5,14,16H2,2H3/t19-,20-,24-,25+/m0/s1. The van der Waals surface area contributed by atoms with Crippen molar-refractivity contribution in [3.05, 3.63) is 82.9 Å². The minimum absolute atomic E-state index is 0.155. The van der Waals surface area contributed by atoms with Crippen molar-refractivity contribution in [1.82, 2.24) is 5.01 Å². The lowest BCUT2D eigenvalue weighted by molar-refractivity contribution is -0.140. The second-order valence-electron chi connectivity index (χ2n) is 9.08. The summed E-state index contributed by atoms with van der Waals surface area (Å²) in [7, 11) is 0. The maximum absolute atomic E-state index is 12.9. The average Bonchev–Trinajstić information content (AvgIpc) is 3.53. The number of benzene rings is 2. The van der Waals surface area contributed by atoms with Crippen LogP contribution in [0.15, 0.2) is 66.3 Å². The van der Waals surface area contributed by atoms with Crippen LogP contribution < -0.4 is 9.47 Å². The van der Waals surface area contributed by atoms with Crippen LogP contribution in [0.4, 0.5) is 0 Å². The maximum Gasteiger partial charge on any atom is 0.254 e. The molecule has 180 valence electrons. The van der Waals surface area contributed by atoms with E-state index < -0.39 is 0 Å². The molecule has 0 aromatic heterocycles. The Hall–Kier alpha value is -3.38. The number of nitrogens with zero attached hydrogens (tertiary/aromatic N) is 2. The number of fused-ring (bicyclic) bond motifs is 5. The van der Waals surface area contributed by atoms with Gasteiger partial charge in [0, 0.05) is 10.6 Å². The fraction of sp³-hybridized carbons (Fsp3) is 0.321. The van der Waals surface area contributed by atoms with E-state index in [4.69, 9.17) is 21.1 Å². The van der Waals surface area contributed by atoms with Crippen LogP contribution in [-0.2, 0) is 22.6 Å². The number of halogens is 1. The lowest BCUT2D eigenvalue weighted by atomic mass is 9.85. The average molecular weight is 491 g/mol. The molecule has 0 spiro atoms. The highest BCUT2D eigenvalue weighted by molar-refractivity contribution is 6.30. The first-order valence-corrected chi connectivity index (χ1v) is 12.3. The lowest BCUT2D eigenvalue weighted by Crippen LogP contribution is -2.28. The lowest BCUT2D eigenvalue weighted by Gasteiger charge is -2.17. The zero-order valence-electron chi connectivity index (χ0n) is 19.5. The number of hydrogen-bond acceptors (Lipinski definition) is 5. The predicted molar refractivity (Wildman–Crippen MR) is 134 cm³/mol. The molecule has 2 bridgehead atoms. The highest BCUT2D eigenvalue weighted by Crippen LogP contribution is 2.52. The van der Waals surface area contributed by atoms with Crippen LogP contribution in [0.1, 0.15) is 30.0 Å². The Morgan fingerprint density at radius 3 is 2.40 bits per heavy atom. The smallest absolute Gasteiger partial charge is 0.254 e. The fourth-order valence-electron chi connectivity index (χ4n) is 5.35. The van der Waals surface area contributed by atoms with E-state index >= 15 is 0 Å². The van der Waals surface area contributed by atoms with Crippen LogP contribution in [-0.4, -0.2) is 29.6 Å². The van der Waals surface area contributed by atoms with E-state index in [2.05, 4.69) is 23.8 Å². The Morgan fingerprint density at radius 2 is 1.77 bits per heavy atom. The van der Waals surface area contributed by atoms with Crippen molar-refractivity contribution in [3.8, 4) is 11.5 Å². The monoisotopic (exact) mass is 490 g/mol. The first-order valence-electron chi connectivity index (χ1n) is 11.9. The van der Waals surface area contributed by atoms with Gasteiger partial charge in [-0.15, -0.1) is 6.58 Å². The molecule has 2 aromatic carbocycles. The van der Waals surface area contributed by atoms with Gasteiger partial charge < -0.3 is 9.47 Å². The SMILES string of the molecule is C=CCc1cc(C=NN2C(=O)[C@@H]3[C@H](C2=O)[C@H]2C=C[C@H]3C2)cc(OCC)c1OCc1ccc(Cl)cc1. The predicted octanol–water partition coefficient (Wildman–Crippen LogP) is 5.19. The van der Waals surface area contributed by atoms with Gasteiger partial charge in [0.2, 0.25) is 0 Å². The van der Waals surface area contributed by atoms with Gasteiger partial charge in [0.05, 0.1) is 24.7 Å². The largest absolute Gasteiger partial charge is 0.490 e. The van der Waals surface area contributed by atoms with Crippen LogP contribution in [0.3, 0.4) is 0 Å². The second-order valence-corrected chi connectivity index (χ2v) is 9.52. The molecule has 3 aliphatic rings. The number of ether oxygens (including phenoxy) is 2. The number of hydrogen-bond donors (Lipinski definition) is 0. The van der Waals surface area contributed by atoms with Gasteiger partial charge in [-0.2, -0.15) is 10.1 Å². The van der Waals surface area contributed by atoms with Crippen molar-refractivity contribution in [2.24, 2.45) is 28.8 Å². The molecule has 4 atom stereocenters. The van der Waals surface area contributed by atoms with E-state index in [1.54, 1.807) is 12.3 Å². The van der Waals surface area contributed by atoms with Crippen molar-refractivity contribution < 1.29 is 19.1 Å². The summed E-state index contributed by atoms with van der Waals surface area (Å²) < 4.78 is 12.0.